The quantitative estimate of drug-likeness (QED) is 0.901. The Hall–Kier alpha value is -2.31. The van der Waals surface area contributed by atoms with E-state index in [2.05, 4.69) is 10.2 Å². The molecule has 1 aliphatic heterocycles. The van der Waals surface area contributed by atoms with E-state index in [0.29, 0.717) is 18.7 Å². The van der Waals surface area contributed by atoms with E-state index in [0.717, 1.165) is 35.2 Å². The first-order valence-corrected chi connectivity index (χ1v) is 9.51. The summed E-state index contributed by atoms with van der Waals surface area (Å²) in [5.41, 5.74) is 4.67. The highest BCUT2D eigenvalue weighted by Crippen LogP contribution is 2.34. The molecule has 1 unspecified atom stereocenters. The van der Waals surface area contributed by atoms with Crippen LogP contribution >= 0.6 is 0 Å². The van der Waals surface area contributed by atoms with Crippen molar-refractivity contribution < 1.29 is 14.6 Å². The van der Waals surface area contributed by atoms with Gasteiger partial charge in [-0.25, -0.2) is 0 Å². The van der Waals surface area contributed by atoms with Gasteiger partial charge in [0.1, 0.15) is 0 Å². The molecule has 1 aromatic carbocycles. The van der Waals surface area contributed by atoms with Crippen molar-refractivity contribution >= 4 is 5.91 Å². The monoisotopic (exact) mass is 367 g/mol. The van der Waals surface area contributed by atoms with E-state index in [1.54, 1.807) is 6.20 Å². The fourth-order valence-corrected chi connectivity index (χ4v) is 4.19. The summed E-state index contributed by atoms with van der Waals surface area (Å²) in [6.45, 7) is 5.36. The van der Waals surface area contributed by atoms with Crippen molar-refractivity contribution in [2.45, 2.75) is 38.8 Å². The SMILES string of the molecule is Cc1cnnc(-c2ccc(C(=O)N3CCOC4C[C@H](CO)C[C@@H]43)cc2)c1C. The highest BCUT2D eigenvalue weighted by Gasteiger charge is 2.42. The molecule has 2 heterocycles. The summed E-state index contributed by atoms with van der Waals surface area (Å²) < 4.78 is 5.83. The molecule has 0 spiro atoms. The van der Waals surface area contributed by atoms with Crippen LogP contribution in [-0.4, -0.2) is 58.0 Å². The fourth-order valence-electron chi connectivity index (χ4n) is 4.19. The molecule has 3 atom stereocenters. The second-order valence-corrected chi connectivity index (χ2v) is 7.57. The summed E-state index contributed by atoms with van der Waals surface area (Å²) in [5, 5.41) is 17.8. The van der Waals surface area contributed by atoms with Gasteiger partial charge >= 0.3 is 0 Å². The maximum atomic E-state index is 13.1. The number of nitrogens with zero attached hydrogens (tertiary/aromatic N) is 3. The van der Waals surface area contributed by atoms with Gasteiger partial charge in [0.2, 0.25) is 0 Å². The van der Waals surface area contributed by atoms with Crippen molar-refractivity contribution in [2.24, 2.45) is 5.92 Å². The van der Waals surface area contributed by atoms with Gasteiger partial charge in [-0.05, 0) is 55.9 Å². The van der Waals surface area contributed by atoms with Gasteiger partial charge in [0.05, 0.1) is 30.6 Å². The minimum absolute atomic E-state index is 0.0329. The number of fused-ring (bicyclic) bond motifs is 1. The predicted molar refractivity (Wildman–Crippen MR) is 101 cm³/mol. The largest absolute Gasteiger partial charge is 0.396 e. The Labute approximate surface area is 159 Å². The van der Waals surface area contributed by atoms with E-state index in [1.165, 1.54) is 0 Å². The number of carbonyl (C=O) groups excluding carboxylic acids is 1. The molecule has 27 heavy (non-hydrogen) atoms. The lowest BCUT2D eigenvalue weighted by atomic mass is 10.0. The molecule has 6 nitrogen and oxygen atoms in total. The van der Waals surface area contributed by atoms with E-state index in [-0.39, 0.29) is 30.6 Å². The van der Waals surface area contributed by atoms with Crippen molar-refractivity contribution in [3.8, 4) is 11.3 Å². The fraction of sp³-hybridized carbons (Fsp3) is 0.476. The van der Waals surface area contributed by atoms with Crippen molar-refractivity contribution in [3.05, 3.63) is 47.2 Å². The van der Waals surface area contributed by atoms with Crippen LogP contribution in [0.25, 0.3) is 11.3 Å². The molecule has 1 saturated heterocycles. The molecule has 6 heteroatoms. The van der Waals surface area contributed by atoms with Gasteiger partial charge in [0.15, 0.2) is 0 Å². The standard InChI is InChI=1S/C21H25N3O3/c1-13-11-22-23-20(14(13)2)16-3-5-17(6-4-16)21(26)24-7-8-27-19-10-15(12-25)9-18(19)24/h3-6,11,15,18-19,25H,7-10,12H2,1-2H3/t15-,18+,19?/m1/s1. The van der Waals surface area contributed by atoms with Crippen molar-refractivity contribution in [3.63, 3.8) is 0 Å². The van der Waals surface area contributed by atoms with Gasteiger partial charge in [-0.15, -0.1) is 0 Å². The lowest BCUT2D eigenvalue weighted by Gasteiger charge is -2.37. The van der Waals surface area contributed by atoms with Crippen LogP contribution in [0.5, 0.6) is 0 Å². The van der Waals surface area contributed by atoms with E-state index in [4.69, 9.17) is 4.74 Å². The van der Waals surface area contributed by atoms with Gasteiger partial charge in [-0.2, -0.15) is 10.2 Å². The van der Waals surface area contributed by atoms with Gasteiger partial charge in [-0.1, -0.05) is 12.1 Å². The minimum atomic E-state index is 0.0329. The van der Waals surface area contributed by atoms with Gasteiger partial charge in [0.25, 0.3) is 5.91 Å². The van der Waals surface area contributed by atoms with E-state index >= 15 is 0 Å². The number of aliphatic hydroxyl groups excluding tert-OH is 1. The first kappa shape index (κ1) is 18.1. The summed E-state index contributed by atoms with van der Waals surface area (Å²) in [7, 11) is 0. The summed E-state index contributed by atoms with van der Waals surface area (Å²) in [6, 6.07) is 7.67. The Morgan fingerprint density at radius 1 is 1.26 bits per heavy atom. The average molecular weight is 367 g/mol. The van der Waals surface area contributed by atoms with Crippen LogP contribution < -0.4 is 0 Å². The summed E-state index contributed by atoms with van der Waals surface area (Å²) in [5.74, 6) is 0.254. The summed E-state index contributed by atoms with van der Waals surface area (Å²) in [6.07, 6.45) is 3.44. The van der Waals surface area contributed by atoms with Crippen molar-refractivity contribution in [1.29, 1.82) is 0 Å². The van der Waals surface area contributed by atoms with Crippen molar-refractivity contribution in [1.82, 2.24) is 15.1 Å². The Bertz CT molecular complexity index is 837. The lowest BCUT2D eigenvalue weighted by Crippen LogP contribution is -2.51. The molecule has 4 rings (SSSR count). The van der Waals surface area contributed by atoms with Crippen LogP contribution in [0.3, 0.4) is 0 Å². The van der Waals surface area contributed by atoms with Crippen molar-refractivity contribution in [2.75, 3.05) is 19.8 Å². The van der Waals surface area contributed by atoms with Crippen LogP contribution in [0, 0.1) is 19.8 Å². The topological polar surface area (TPSA) is 75.6 Å². The van der Waals surface area contributed by atoms with Crippen LogP contribution in [0.2, 0.25) is 0 Å². The molecule has 2 fully saturated rings. The number of aliphatic hydroxyl groups is 1. The number of rotatable bonds is 3. The van der Waals surface area contributed by atoms with Crippen LogP contribution in [0.1, 0.15) is 34.3 Å². The molecule has 1 saturated carbocycles. The molecule has 2 aliphatic rings. The molecular formula is C21H25N3O3. The highest BCUT2D eigenvalue weighted by molar-refractivity contribution is 5.95. The normalized spacial score (nSPS) is 24.7. The molecular weight excluding hydrogens is 342 g/mol. The summed E-state index contributed by atoms with van der Waals surface area (Å²) in [4.78, 5) is 15.0. The number of hydrogen-bond donors (Lipinski definition) is 1. The first-order valence-electron chi connectivity index (χ1n) is 9.51. The number of hydrogen-bond acceptors (Lipinski definition) is 5. The van der Waals surface area contributed by atoms with Crippen LogP contribution in [0.15, 0.2) is 30.5 Å². The average Bonchev–Trinajstić information content (AvgIpc) is 3.13. The zero-order valence-corrected chi connectivity index (χ0v) is 15.8. The number of carbonyl (C=O) groups is 1. The minimum Gasteiger partial charge on any atom is -0.396 e. The van der Waals surface area contributed by atoms with E-state index < -0.39 is 0 Å². The molecule has 1 aliphatic carbocycles. The number of benzene rings is 1. The second-order valence-electron chi connectivity index (χ2n) is 7.57. The molecule has 1 amide bonds. The first-order chi connectivity index (χ1) is 13.1. The molecule has 0 radical (unpaired) electrons. The Kier molecular flexibility index (Phi) is 4.93. The van der Waals surface area contributed by atoms with Gasteiger partial charge in [0, 0.05) is 24.3 Å². The zero-order chi connectivity index (χ0) is 19.0. The Balaban J connectivity index is 1.55. The number of morpholine rings is 1. The van der Waals surface area contributed by atoms with E-state index in [1.807, 2.05) is 43.0 Å². The second kappa shape index (κ2) is 7.37. The molecule has 142 valence electrons. The number of aryl methyl sites for hydroxylation is 1. The zero-order valence-electron chi connectivity index (χ0n) is 15.8. The molecule has 1 N–H and O–H groups in total. The number of amides is 1. The maximum Gasteiger partial charge on any atom is 0.254 e. The van der Waals surface area contributed by atoms with Crippen LogP contribution in [-0.2, 0) is 4.74 Å². The van der Waals surface area contributed by atoms with E-state index in [9.17, 15) is 9.90 Å². The third-order valence-electron chi connectivity index (χ3n) is 5.91. The maximum absolute atomic E-state index is 13.1. The molecule has 0 bridgehead atoms. The summed E-state index contributed by atoms with van der Waals surface area (Å²) >= 11 is 0. The Morgan fingerprint density at radius 3 is 2.78 bits per heavy atom. The van der Waals surface area contributed by atoms with Crippen LogP contribution in [0.4, 0.5) is 0 Å². The lowest BCUT2D eigenvalue weighted by molar-refractivity contribution is -0.0448. The third kappa shape index (κ3) is 3.35. The van der Waals surface area contributed by atoms with Gasteiger partial charge < -0.3 is 14.7 Å². The Morgan fingerprint density at radius 2 is 2.04 bits per heavy atom. The van der Waals surface area contributed by atoms with Gasteiger partial charge in [-0.3, -0.25) is 4.79 Å². The predicted octanol–water partition coefficient (Wildman–Crippen LogP) is 2.37. The molecule has 1 aromatic heterocycles. The number of aromatic nitrogens is 2. The smallest absolute Gasteiger partial charge is 0.254 e. The molecule has 2 aromatic rings. The highest BCUT2D eigenvalue weighted by atomic mass is 16.5. The third-order valence-corrected chi connectivity index (χ3v) is 5.91. The number of ether oxygens (including phenoxy) is 1.